The van der Waals surface area contributed by atoms with Crippen molar-refractivity contribution in [2.24, 2.45) is 0 Å². The fourth-order valence-electron chi connectivity index (χ4n) is 3.33. The number of hydrogen-bond donors (Lipinski definition) is 1. The van der Waals surface area contributed by atoms with Gasteiger partial charge in [-0.05, 0) is 39.0 Å². The fourth-order valence-corrected chi connectivity index (χ4v) is 3.33. The van der Waals surface area contributed by atoms with E-state index in [4.69, 9.17) is 9.47 Å². The average Bonchev–Trinajstić information content (AvgIpc) is 3.01. The average molecular weight is 339 g/mol. The van der Waals surface area contributed by atoms with Crippen molar-refractivity contribution in [3.8, 4) is 11.5 Å². The van der Waals surface area contributed by atoms with Gasteiger partial charge in [-0.2, -0.15) is 9.61 Å². The van der Waals surface area contributed by atoms with Crippen LogP contribution in [0.5, 0.6) is 11.5 Å². The van der Waals surface area contributed by atoms with E-state index in [1.165, 1.54) is 0 Å². The first-order chi connectivity index (χ1) is 11.9. The Morgan fingerprint density at radius 1 is 1.32 bits per heavy atom. The van der Waals surface area contributed by atoms with Crippen LogP contribution in [0.4, 0.5) is 5.69 Å². The second-order valence-electron chi connectivity index (χ2n) is 6.97. The normalized spacial score (nSPS) is 18.5. The van der Waals surface area contributed by atoms with Gasteiger partial charge in [-0.3, -0.25) is 0 Å². The summed E-state index contributed by atoms with van der Waals surface area (Å²) >= 11 is 0. The lowest BCUT2D eigenvalue weighted by molar-refractivity contribution is 0.0755. The first kappa shape index (κ1) is 15.7. The molecule has 1 aliphatic heterocycles. The molecule has 4 rings (SSSR count). The molecule has 0 saturated carbocycles. The molecule has 1 atom stereocenters. The van der Waals surface area contributed by atoms with Gasteiger partial charge in [0.05, 0.1) is 24.5 Å². The Morgan fingerprint density at radius 2 is 2.16 bits per heavy atom. The van der Waals surface area contributed by atoms with Gasteiger partial charge in [0.25, 0.3) is 0 Å². The molecule has 0 aliphatic carbocycles. The standard InChI is InChI=1S/C18H21N5O2/c1-11-7-14(17-21-19-10-23(17)22-11)20-15-9-18(2,3)25-16-8-12(24-4)5-6-13(15)16/h5-8,10,15,20H,9H2,1-4H3. The van der Waals surface area contributed by atoms with Gasteiger partial charge in [0.1, 0.15) is 23.4 Å². The molecule has 0 radical (unpaired) electrons. The number of methoxy groups -OCH3 is 1. The molecule has 1 aromatic carbocycles. The van der Waals surface area contributed by atoms with Crippen molar-refractivity contribution in [2.75, 3.05) is 12.4 Å². The van der Waals surface area contributed by atoms with Crippen LogP contribution in [0.2, 0.25) is 0 Å². The number of nitrogens with zero attached hydrogens (tertiary/aromatic N) is 4. The predicted octanol–water partition coefficient (Wildman–Crippen LogP) is 3.16. The Hall–Kier alpha value is -2.83. The van der Waals surface area contributed by atoms with Gasteiger partial charge in [-0.15, -0.1) is 10.2 Å². The maximum atomic E-state index is 6.16. The molecular formula is C18H21N5O2. The molecule has 2 aromatic heterocycles. The summed E-state index contributed by atoms with van der Waals surface area (Å²) in [6, 6.07) is 8.04. The Balaban J connectivity index is 1.76. The lowest BCUT2D eigenvalue weighted by Crippen LogP contribution is -2.37. The van der Waals surface area contributed by atoms with Crippen molar-refractivity contribution in [3.05, 3.63) is 41.9 Å². The number of aryl methyl sites for hydroxylation is 1. The third-order valence-electron chi connectivity index (χ3n) is 4.40. The highest BCUT2D eigenvalue weighted by Gasteiger charge is 2.34. The summed E-state index contributed by atoms with van der Waals surface area (Å²) in [7, 11) is 1.66. The molecule has 25 heavy (non-hydrogen) atoms. The molecule has 0 fully saturated rings. The Labute approximate surface area is 146 Å². The van der Waals surface area contributed by atoms with E-state index in [0.717, 1.165) is 34.9 Å². The van der Waals surface area contributed by atoms with Crippen molar-refractivity contribution >= 4 is 11.3 Å². The van der Waals surface area contributed by atoms with Gasteiger partial charge < -0.3 is 14.8 Å². The van der Waals surface area contributed by atoms with Crippen LogP contribution in [0.15, 0.2) is 30.6 Å². The number of rotatable bonds is 3. The molecule has 7 heteroatoms. The molecule has 0 bridgehead atoms. The van der Waals surface area contributed by atoms with Gasteiger partial charge in [0.2, 0.25) is 5.65 Å². The van der Waals surface area contributed by atoms with Gasteiger partial charge in [0, 0.05) is 18.1 Å². The van der Waals surface area contributed by atoms with Crippen molar-refractivity contribution in [2.45, 2.75) is 38.8 Å². The largest absolute Gasteiger partial charge is 0.497 e. The lowest BCUT2D eigenvalue weighted by atomic mass is 9.89. The third kappa shape index (κ3) is 2.86. The molecule has 3 heterocycles. The van der Waals surface area contributed by atoms with Crippen LogP contribution in [-0.2, 0) is 0 Å². The second-order valence-corrected chi connectivity index (χ2v) is 6.97. The van der Waals surface area contributed by atoms with Crippen LogP contribution in [0, 0.1) is 6.92 Å². The maximum absolute atomic E-state index is 6.16. The number of nitrogens with one attached hydrogen (secondary N) is 1. The first-order valence-corrected chi connectivity index (χ1v) is 8.26. The number of hydrogen-bond acceptors (Lipinski definition) is 6. The highest BCUT2D eigenvalue weighted by molar-refractivity contribution is 5.67. The quantitative estimate of drug-likeness (QED) is 0.790. The summed E-state index contributed by atoms with van der Waals surface area (Å²) in [6.07, 6.45) is 2.44. The number of fused-ring (bicyclic) bond motifs is 2. The minimum atomic E-state index is -0.289. The van der Waals surface area contributed by atoms with E-state index in [-0.39, 0.29) is 11.6 Å². The molecule has 0 saturated heterocycles. The Kier molecular flexibility index (Phi) is 3.52. The molecule has 1 aliphatic rings. The zero-order valence-electron chi connectivity index (χ0n) is 14.8. The van der Waals surface area contributed by atoms with E-state index in [1.54, 1.807) is 18.0 Å². The molecule has 3 aromatic rings. The highest BCUT2D eigenvalue weighted by atomic mass is 16.5. The third-order valence-corrected chi connectivity index (χ3v) is 4.40. The van der Waals surface area contributed by atoms with Crippen molar-refractivity contribution in [1.82, 2.24) is 19.8 Å². The predicted molar refractivity (Wildman–Crippen MR) is 94.2 cm³/mol. The van der Waals surface area contributed by atoms with Crippen molar-refractivity contribution < 1.29 is 9.47 Å². The molecule has 1 N–H and O–H groups in total. The van der Waals surface area contributed by atoms with Gasteiger partial charge in [-0.1, -0.05) is 0 Å². The van der Waals surface area contributed by atoms with Gasteiger partial charge in [-0.25, -0.2) is 0 Å². The van der Waals surface area contributed by atoms with E-state index in [9.17, 15) is 0 Å². The van der Waals surface area contributed by atoms with E-state index < -0.39 is 0 Å². The first-order valence-electron chi connectivity index (χ1n) is 8.26. The number of benzene rings is 1. The van der Waals surface area contributed by atoms with Crippen LogP contribution in [0.1, 0.15) is 37.6 Å². The molecule has 1 unspecified atom stereocenters. The summed E-state index contributed by atoms with van der Waals surface area (Å²) in [5, 5.41) is 16.2. The van der Waals surface area contributed by atoms with Crippen molar-refractivity contribution in [3.63, 3.8) is 0 Å². The van der Waals surface area contributed by atoms with E-state index in [2.05, 4.69) is 40.5 Å². The van der Waals surface area contributed by atoms with Crippen LogP contribution in [-0.4, -0.2) is 32.5 Å². The highest BCUT2D eigenvalue weighted by Crippen LogP contribution is 2.42. The SMILES string of the molecule is COc1ccc2c(c1)OC(C)(C)CC2Nc1cc(C)nn2cnnc12. The topological polar surface area (TPSA) is 73.6 Å². The zero-order chi connectivity index (χ0) is 17.6. The molecular weight excluding hydrogens is 318 g/mol. The Morgan fingerprint density at radius 3 is 2.96 bits per heavy atom. The number of aromatic nitrogens is 4. The molecule has 7 nitrogen and oxygen atoms in total. The lowest BCUT2D eigenvalue weighted by Gasteiger charge is -2.38. The second kappa shape index (κ2) is 5.61. The van der Waals surface area contributed by atoms with Gasteiger partial charge in [0.15, 0.2) is 0 Å². The fraction of sp³-hybridized carbons (Fsp3) is 0.389. The monoisotopic (exact) mass is 339 g/mol. The molecule has 0 amide bonds. The summed E-state index contributed by atoms with van der Waals surface area (Å²) in [5.41, 5.74) is 3.34. The molecule has 0 spiro atoms. The molecule has 130 valence electrons. The van der Waals surface area contributed by atoms with E-state index in [1.807, 2.05) is 25.1 Å². The minimum absolute atomic E-state index is 0.0898. The summed E-state index contributed by atoms with van der Waals surface area (Å²) in [4.78, 5) is 0. The van der Waals surface area contributed by atoms with E-state index >= 15 is 0 Å². The number of anilines is 1. The van der Waals surface area contributed by atoms with Crippen LogP contribution >= 0.6 is 0 Å². The minimum Gasteiger partial charge on any atom is -0.497 e. The number of ether oxygens (including phenoxy) is 2. The van der Waals surface area contributed by atoms with Crippen LogP contribution in [0.3, 0.4) is 0 Å². The summed E-state index contributed by atoms with van der Waals surface area (Å²) in [6.45, 7) is 6.14. The van der Waals surface area contributed by atoms with Crippen LogP contribution in [0.25, 0.3) is 5.65 Å². The van der Waals surface area contributed by atoms with Crippen LogP contribution < -0.4 is 14.8 Å². The Bertz CT molecular complexity index is 934. The zero-order valence-corrected chi connectivity index (χ0v) is 14.8. The summed E-state index contributed by atoms with van der Waals surface area (Å²) in [5.74, 6) is 1.63. The van der Waals surface area contributed by atoms with Crippen molar-refractivity contribution in [1.29, 1.82) is 0 Å². The van der Waals surface area contributed by atoms with Gasteiger partial charge >= 0.3 is 0 Å². The maximum Gasteiger partial charge on any atom is 0.200 e. The smallest absolute Gasteiger partial charge is 0.200 e. The van der Waals surface area contributed by atoms with E-state index in [0.29, 0.717) is 5.65 Å². The summed E-state index contributed by atoms with van der Waals surface area (Å²) < 4.78 is 13.2.